The standard InChI is InChI=1S/C17H18Cl2N2/c18-14-7-8-16(15(19)12-14)20-9-11-21-10-3-5-13-4-1-2-6-17(13)21/h1-2,4,6-8,12,20H,3,5,9-11H2. The molecule has 2 aromatic carbocycles. The number of aryl methyl sites for hydroxylation is 1. The number of para-hydroxylation sites is 1. The summed E-state index contributed by atoms with van der Waals surface area (Å²) in [6, 6.07) is 14.2. The lowest BCUT2D eigenvalue weighted by molar-refractivity contribution is 0.698. The molecule has 3 rings (SSSR count). The van der Waals surface area contributed by atoms with Gasteiger partial charge in [-0.2, -0.15) is 0 Å². The number of hydrogen-bond donors (Lipinski definition) is 1. The van der Waals surface area contributed by atoms with Crippen molar-refractivity contribution in [2.24, 2.45) is 0 Å². The number of nitrogens with zero attached hydrogens (tertiary/aromatic N) is 1. The Morgan fingerprint density at radius 3 is 2.81 bits per heavy atom. The van der Waals surface area contributed by atoms with Crippen LogP contribution in [-0.2, 0) is 6.42 Å². The summed E-state index contributed by atoms with van der Waals surface area (Å²) in [6.45, 7) is 2.94. The lowest BCUT2D eigenvalue weighted by Gasteiger charge is -2.31. The van der Waals surface area contributed by atoms with Crippen LogP contribution in [0, 0.1) is 0 Å². The molecule has 2 aromatic rings. The van der Waals surface area contributed by atoms with Crippen LogP contribution in [0.25, 0.3) is 0 Å². The molecule has 0 bridgehead atoms. The molecule has 1 heterocycles. The molecule has 0 saturated carbocycles. The third-order valence-electron chi connectivity index (χ3n) is 3.83. The van der Waals surface area contributed by atoms with Crippen molar-refractivity contribution in [1.29, 1.82) is 0 Å². The molecule has 2 nitrogen and oxygen atoms in total. The third kappa shape index (κ3) is 3.45. The zero-order chi connectivity index (χ0) is 14.7. The highest BCUT2D eigenvalue weighted by Crippen LogP contribution is 2.27. The van der Waals surface area contributed by atoms with Gasteiger partial charge in [0.2, 0.25) is 0 Å². The summed E-state index contributed by atoms with van der Waals surface area (Å²) in [4.78, 5) is 2.44. The minimum Gasteiger partial charge on any atom is -0.382 e. The van der Waals surface area contributed by atoms with Crippen molar-refractivity contribution in [1.82, 2.24) is 0 Å². The zero-order valence-electron chi connectivity index (χ0n) is 11.8. The Hall–Kier alpha value is -1.38. The topological polar surface area (TPSA) is 15.3 Å². The van der Waals surface area contributed by atoms with E-state index in [9.17, 15) is 0 Å². The van der Waals surface area contributed by atoms with Crippen LogP contribution < -0.4 is 10.2 Å². The van der Waals surface area contributed by atoms with Crippen LogP contribution >= 0.6 is 23.2 Å². The van der Waals surface area contributed by atoms with Gasteiger partial charge in [0, 0.05) is 30.3 Å². The van der Waals surface area contributed by atoms with Crippen LogP contribution in [0.1, 0.15) is 12.0 Å². The van der Waals surface area contributed by atoms with Gasteiger partial charge in [0.25, 0.3) is 0 Å². The number of hydrogen-bond acceptors (Lipinski definition) is 2. The third-order valence-corrected chi connectivity index (χ3v) is 4.38. The molecule has 0 aliphatic carbocycles. The molecule has 4 heteroatoms. The Kier molecular flexibility index (Phi) is 4.57. The largest absolute Gasteiger partial charge is 0.382 e. The highest BCUT2D eigenvalue weighted by Gasteiger charge is 2.15. The van der Waals surface area contributed by atoms with Gasteiger partial charge in [0.15, 0.2) is 0 Å². The first kappa shape index (κ1) is 14.6. The molecule has 1 aliphatic rings. The van der Waals surface area contributed by atoms with Crippen LogP contribution in [0.3, 0.4) is 0 Å². The summed E-state index contributed by atoms with van der Waals surface area (Å²) < 4.78 is 0. The highest BCUT2D eigenvalue weighted by atomic mass is 35.5. The lowest BCUT2D eigenvalue weighted by atomic mass is 10.0. The van der Waals surface area contributed by atoms with E-state index in [1.165, 1.54) is 24.1 Å². The first-order chi connectivity index (χ1) is 10.2. The maximum Gasteiger partial charge on any atom is 0.0652 e. The normalized spacial score (nSPS) is 13.9. The molecule has 0 spiro atoms. The van der Waals surface area contributed by atoms with Crippen molar-refractivity contribution in [2.75, 3.05) is 29.9 Å². The van der Waals surface area contributed by atoms with E-state index in [1.54, 1.807) is 6.07 Å². The number of rotatable bonds is 4. The number of anilines is 2. The number of nitrogens with one attached hydrogen (secondary N) is 1. The quantitative estimate of drug-likeness (QED) is 0.865. The maximum absolute atomic E-state index is 6.17. The van der Waals surface area contributed by atoms with E-state index in [4.69, 9.17) is 23.2 Å². The molecule has 1 aliphatic heterocycles. The van der Waals surface area contributed by atoms with E-state index in [-0.39, 0.29) is 0 Å². The van der Waals surface area contributed by atoms with Gasteiger partial charge >= 0.3 is 0 Å². The van der Waals surface area contributed by atoms with Gasteiger partial charge in [-0.25, -0.2) is 0 Å². The Morgan fingerprint density at radius 1 is 1.10 bits per heavy atom. The minimum atomic E-state index is 0.663. The first-order valence-corrected chi connectivity index (χ1v) is 8.01. The predicted molar refractivity (Wildman–Crippen MR) is 91.9 cm³/mol. The van der Waals surface area contributed by atoms with E-state index in [2.05, 4.69) is 34.5 Å². The van der Waals surface area contributed by atoms with E-state index in [0.717, 1.165) is 25.3 Å². The molecule has 0 aromatic heterocycles. The second-order valence-electron chi connectivity index (χ2n) is 5.27. The van der Waals surface area contributed by atoms with Crippen LogP contribution in [-0.4, -0.2) is 19.6 Å². The summed E-state index contributed by atoms with van der Waals surface area (Å²) in [5.74, 6) is 0. The molecule has 0 fully saturated rings. The summed E-state index contributed by atoms with van der Waals surface area (Å²) in [7, 11) is 0. The smallest absolute Gasteiger partial charge is 0.0652 e. The second kappa shape index (κ2) is 6.59. The number of benzene rings is 2. The van der Waals surface area contributed by atoms with Gasteiger partial charge in [0.1, 0.15) is 0 Å². The maximum atomic E-state index is 6.17. The summed E-state index contributed by atoms with van der Waals surface area (Å²) >= 11 is 12.1. The molecule has 0 radical (unpaired) electrons. The van der Waals surface area contributed by atoms with Crippen molar-refractivity contribution in [3.63, 3.8) is 0 Å². The van der Waals surface area contributed by atoms with Gasteiger partial charge < -0.3 is 10.2 Å². The average molecular weight is 321 g/mol. The van der Waals surface area contributed by atoms with Crippen molar-refractivity contribution in [3.8, 4) is 0 Å². The predicted octanol–water partition coefficient (Wildman–Crippen LogP) is 4.86. The van der Waals surface area contributed by atoms with Crippen molar-refractivity contribution in [2.45, 2.75) is 12.8 Å². The number of halogens is 2. The Bertz CT molecular complexity index is 628. The molecule has 0 amide bonds. The fraction of sp³-hybridized carbons (Fsp3) is 0.294. The van der Waals surface area contributed by atoms with Crippen LogP contribution in [0.2, 0.25) is 10.0 Å². The van der Waals surface area contributed by atoms with Crippen molar-refractivity contribution >= 4 is 34.6 Å². The van der Waals surface area contributed by atoms with Gasteiger partial charge in [-0.1, -0.05) is 41.4 Å². The van der Waals surface area contributed by atoms with E-state index >= 15 is 0 Å². The zero-order valence-corrected chi connectivity index (χ0v) is 13.3. The van der Waals surface area contributed by atoms with Gasteiger partial charge in [-0.15, -0.1) is 0 Å². The molecule has 0 unspecified atom stereocenters. The first-order valence-electron chi connectivity index (χ1n) is 7.26. The number of fused-ring (bicyclic) bond motifs is 1. The van der Waals surface area contributed by atoms with E-state index in [1.807, 2.05) is 12.1 Å². The van der Waals surface area contributed by atoms with Crippen LogP contribution in [0.15, 0.2) is 42.5 Å². The van der Waals surface area contributed by atoms with E-state index < -0.39 is 0 Å². The molecule has 1 N–H and O–H groups in total. The van der Waals surface area contributed by atoms with Crippen LogP contribution in [0.4, 0.5) is 11.4 Å². The fourth-order valence-electron chi connectivity index (χ4n) is 2.80. The summed E-state index contributed by atoms with van der Waals surface area (Å²) in [5, 5.41) is 4.72. The summed E-state index contributed by atoms with van der Waals surface area (Å²) in [5.41, 5.74) is 3.76. The average Bonchev–Trinajstić information content (AvgIpc) is 2.50. The van der Waals surface area contributed by atoms with Crippen LogP contribution in [0.5, 0.6) is 0 Å². The highest BCUT2D eigenvalue weighted by molar-refractivity contribution is 6.36. The van der Waals surface area contributed by atoms with Crippen molar-refractivity contribution < 1.29 is 0 Å². The Labute approximate surface area is 135 Å². The molecular formula is C17H18Cl2N2. The second-order valence-corrected chi connectivity index (χ2v) is 6.11. The van der Waals surface area contributed by atoms with Crippen molar-refractivity contribution in [3.05, 3.63) is 58.1 Å². The van der Waals surface area contributed by atoms with Gasteiger partial charge in [-0.05, 0) is 42.7 Å². The molecular weight excluding hydrogens is 303 g/mol. The lowest BCUT2D eigenvalue weighted by Crippen LogP contribution is -2.33. The molecule has 21 heavy (non-hydrogen) atoms. The van der Waals surface area contributed by atoms with Gasteiger partial charge in [-0.3, -0.25) is 0 Å². The molecule has 0 saturated heterocycles. The fourth-order valence-corrected chi connectivity index (χ4v) is 3.28. The monoisotopic (exact) mass is 320 g/mol. The minimum absolute atomic E-state index is 0.663. The Morgan fingerprint density at radius 2 is 1.95 bits per heavy atom. The summed E-state index contributed by atoms with van der Waals surface area (Å²) in [6.07, 6.45) is 2.40. The van der Waals surface area contributed by atoms with Gasteiger partial charge in [0.05, 0.1) is 10.7 Å². The SMILES string of the molecule is Clc1ccc(NCCN2CCCc3ccccc32)c(Cl)c1. The molecule has 0 atom stereocenters. The van der Waals surface area contributed by atoms with E-state index in [0.29, 0.717) is 10.0 Å². The molecule has 110 valence electrons. The Balaban J connectivity index is 1.61.